The summed E-state index contributed by atoms with van der Waals surface area (Å²) in [5.41, 5.74) is 1.57. The topological polar surface area (TPSA) is 67.2 Å². The SMILES string of the molecule is O=C(NCCCCCO)c1ccc(-n2cccn2)cc1. The minimum Gasteiger partial charge on any atom is -0.396 e. The van der Waals surface area contributed by atoms with Crippen molar-refractivity contribution in [2.24, 2.45) is 0 Å². The number of unbranched alkanes of at least 4 members (excludes halogenated alkanes) is 2. The zero-order chi connectivity index (χ0) is 14.2. The van der Waals surface area contributed by atoms with E-state index in [1.54, 1.807) is 23.0 Å². The molecule has 0 radical (unpaired) electrons. The van der Waals surface area contributed by atoms with E-state index in [2.05, 4.69) is 10.4 Å². The molecular weight excluding hydrogens is 254 g/mol. The summed E-state index contributed by atoms with van der Waals surface area (Å²) in [4.78, 5) is 11.9. The number of aliphatic hydroxyl groups excluding tert-OH is 1. The molecular formula is C15H19N3O2. The zero-order valence-electron chi connectivity index (χ0n) is 11.3. The number of hydrogen-bond acceptors (Lipinski definition) is 3. The second-order valence-electron chi connectivity index (χ2n) is 4.54. The number of rotatable bonds is 7. The standard InChI is InChI=1S/C15H19N3O2/c19-12-3-1-2-9-16-15(20)13-5-7-14(8-6-13)18-11-4-10-17-18/h4-8,10-11,19H,1-3,9,12H2,(H,16,20). The van der Waals surface area contributed by atoms with E-state index in [0.29, 0.717) is 12.1 Å². The monoisotopic (exact) mass is 273 g/mol. The van der Waals surface area contributed by atoms with Crippen LogP contribution in [0.3, 0.4) is 0 Å². The molecule has 2 rings (SSSR count). The highest BCUT2D eigenvalue weighted by Gasteiger charge is 2.05. The van der Waals surface area contributed by atoms with Gasteiger partial charge in [0.2, 0.25) is 0 Å². The van der Waals surface area contributed by atoms with E-state index in [-0.39, 0.29) is 12.5 Å². The van der Waals surface area contributed by atoms with Crippen LogP contribution in [0.15, 0.2) is 42.7 Å². The molecule has 5 heteroatoms. The highest BCUT2D eigenvalue weighted by atomic mass is 16.2. The lowest BCUT2D eigenvalue weighted by atomic mass is 10.2. The fourth-order valence-corrected chi connectivity index (χ4v) is 1.90. The van der Waals surface area contributed by atoms with E-state index in [0.717, 1.165) is 24.9 Å². The van der Waals surface area contributed by atoms with Crippen LogP contribution in [0.4, 0.5) is 0 Å². The maximum atomic E-state index is 11.9. The van der Waals surface area contributed by atoms with Crippen molar-refractivity contribution in [2.45, 2.75) is 19.3 Å². The number of carbonyl (C=O) groups is 1. The molecule has 1 amide bonds. The molecule has 20 heavy (non-hydrogen) atoms. The molecule has 0 aliphatic carbocycles. The van der Waals surface area contributed by atoms with E-state index < -0.39 is 0 Å². The Kier molecular flexibility index (Phi) is 5.32. The minimum absolute atomic E-state index is 0.0685. The number of hydrogen-bond donors (Lipinski definition) is 2. The van der Waals surface area contributed by atoms with Crippen molar-refractivity contribution in [3.05, 3.63) is 48.3 Å². The number of carbonyl (C=O) groups excluding carboxylic acids is 1. The molecule has 2 N–H and O–H groups in total. The lowest BCUT2D eigenvalue weighted by molar-refractivity contribution is 0.0953. The van der Waals surface area contributed by atoms with Crippen molar-refractivity contribution in [1.82, 2.24) is 15.1 Å². The van der Waals surface area contributed by atoms with Gasteiger partial charge in [0.25, 0.3) is 5.91 Å². The summed E-state index contributed by atoms with van der Waals surface area (Å²) in [6.45, 7) is 0.850. The van der Waals surface area contributed by atoms with Gasteiger partial charge in [-0.1, -0.05) is 0 Å². The van der Waals surface area contributed by atoms with E-state index in [1.807, 2.05) is 24.4 Å². The molecule has 1 heterocycles. The molecule has 1 aromatic carbocycles. The second kappa shape index (κ2) is 7.45. The van der Waals surface area contributed by atoms with Gasteiger partial charge in [-0.05, 0) is 49.6 Å². The normalized spacial score (nSPS) is 10.4. The van der Waals surface area contributed by atoms with E-state index >= 15 is 0 Å². The van der Waals surface area contributed by atoms with Crippen LogP contribution in [0.1, 0.15) is 29.6 Å². The third-order valence-electron chi connectivity index (χ3n) is 3.02. The van der Waals surface area contributed by atoms with Gasteiger partial charge < -0.3 is 10.4 Å². The molecule has 0 aliphatic rings. The van der Waals surface area contributed by atoms with E-state index in [1.165, 1.54) is 0 Å². The van der Waals surface area contributed by atoms with Gasteiger partial charge in [-0.2, -0.15) is 5.10 Å². The third-order valence-corrected chi connectivity index (χ3v) is 3.02. The first-order valence-corrected chi connectivity index (χ1v) is 6.80. The van der Waals surface area contributed by atoms with Crippen molar-refractivity contribution in [3.8, 4) is 5.69 Å². The van der Waals surface area contributed by atoms with Gasteiger partial charge in [-0.15, -0.1) is 0 Å². The van der Waals surface area contributed by atoms with Crippen LogP contribution in [-0.2, 0) is 0 Å². The van der Waals surface area contributed by atoms with Crippen LogP contribution in [-0.4, -0.2) is 33.9 Å². The molecule has 0 bridgehead atoms. The Balaban J connectivity index is 1.85. The van der Waals surface area contributed by atoms with Crippen molar-refractivity contribution < 1.29 is 9.90 Å². The first kappa shape index (κ1) is 14.3. The van der Waals surface area contributed by atoms with E-state index in [9.17, 15) is 4.79 Å². The van der Waals surface area contributed by atoms with Crippen molar-refractivity contribution in [3.63, 3.8) is 0 Å². The molecule has 0 unspecified atom stereocenters. The number of aliphatic hydroxyl groups is 1. The summed E-state index contributed by atoms with van der Waals surface area (Å²) in [6, 6.07) is 9.18. The lowest BCUT2D eigenvalue weighted by Gasteiger charge is -2.06. The summed E-state index contributed by atoms with van der Waals surface area (Å²) in [7, 11) is 0. The van der Waals surface area contributed by atoms with E-state index in [4.69, 9.17) is 5.11 Å². The minimum atomic E-state index is -0.0685. The fourth-order valence-electron chi connectivity index (χ4n) is 1.90. The highest BCUT2D eigenvalue weighted by molar-refractivity contribution is 5.94. The smallest absolute Gasteiger partial charge is 0.251 e. The van der Waals surface area contributed by atoms with Crippen LogP contribution in [0.2, 0.25) is 0 Å². The predicted octanol–water partition coefficient (Wildman–Crippen LogP) is 1.76. The van der Waals surface area contributed by atoms with Crippen LogP contribution >= 0.6 is 0 Å². The lowest BCUT2D eigenvalue weighted by Crippen LogP contribution is -2.24. The largest absolute Gasteiger partial charge is 0.396 e. The molecule has 0 spiro atoms. The van der Waals surface area contributed by atoms with Crippen molar-refractivity contribution >= 4 is 5.91 Å². The second-order valence-corrected chi connectivity index (χ2v) is 4.54. The van der Waals surface area contributed by atoms with Gasteiger partial charge in [0.1, 0.15) is 0 Å². The van der Waals surface area contributed by atoms with Gasteiger partial charge >= 0.3 is 0 Å². The molecule has 5 nitrogen and oxygen atoms in total. The molecule has 0 fully saturated rings. The Morgan fingerprint density at radius 2 is 2.00 bits per heavy atom. The summed E-state index contributed by atoms with van der Waals surface area (Å²) >= 11 is 0. The Morgan fingerprint density at radius 3 is 2.65 bits per heavy atom. The highest BCUT2D eigenvalue weighted by Crippen LogP contribution is 2.08. The maximum absolute atomic E-state index is 11.9. The van der Waals surface area contributed by atoms with Crippen LogP contribution in [0.5, 0.6) is 0 Å². The van der Waals surface area contributed by atoms with Crippen LogP contribution in [0.25, 0.3) is 5.69 Å². The number of nitrogens with one attached hydrogen (secondary N) is 1. The fraction of sp³-hybridized carbons (Fsp3) is 0.333. The van der Waals surface area contributed by atoms with Gasteiger partial charge in [-0.3, -0.25) is 4.79 Å². The Hall–Kier alpha value is -2.14. The Bertz CT molecular complexity index is 521. The molecule has 0 atom stereocenters. The van der Waals surface area contributed by atoms with Crippen LogP contribution in [0, 0.1) is 0 Å². The summed E-state index contributed by atoms with van der Waals surface area (Å²) in [6.07, 6.45) is 6.17. The summed E-state index contributed by atoms with van der Waals surface area (Å²) < 4.78 is 1.75. The first-order chi connectivity index (χ1) is 9.81. The molecule has 106 valence electrons. The summed E-state index contributed by atoms with van der Waals surface area (Å²) in [5.74, 6) is -0.0685. The quantitative estimate of drug-likeness (QED) is 0.755. The first-order valence-electron chi connectivity index (χ1n) is 6.80. The average Bonchev–Trinajstić information content (AvgIpc) is 3.01. The van der Waals surface area contributed by atoms with Gasteiger partial charge in [0, 0.05) is 31.1 Å². The predicted molar refractivity (Wildman–Crippen MR) is 76.8 cm³/mol. The number of benzene rings is 1. The van der Waals surface area contributed by atoms with Gasteiger partial charge in [0.05, 0.1) is 5.69 Å². The van der Waals surface area contributed by atoms with Crippen molar-refractivity contribution in [2.75, 3.05) is 13.2 Å². The molecule has 0 aliphatic heterocycles. The Morgan fingerprint density at radius 1 is 1.20 bits per heavy atom. The molecule has 2 aromatic rings. The molecule has 0 saturated heterocycles. The molecule has 0 saturated carbocycles. The molecule has 1 aromatic heterocycles. The third kappa shape index (κ3) is 3.93. The number of amides is 1. The number of aromatic nitrogens is 2. The van der Waals surface area contributed by atoms with Gasteiger partial charge in [-0.25, -0.2) is 4.68 Å². The van der Waals surface area contributed by atoms with Crippen LogP contribution < -0.4 is 5.32 Å². The Labute approximate surface area is 118 Å². The van der Waals surface area contributed by atoms with Crippen molar-refractivity contribution in [1.29, 1.82) is 0 Å². The van der Waals surface area contributed by atoms with Gasteiger partial charge in [0.15, 0.2) is 0 Å². The average molecular weight is 273 g/mol. The maximum Gasteiger partial charge on any atom is 0.251 e. The number of nitrogens with zero attached hydrogens (tertiary/aromatic N) is 2. The zero-order valence-corrected chi connectivity index (χ0v) is 11.3. The summed E-state index contributed by atoms with van der Waals surface area (Å²) in [5, 5.41) is 15.7.